The fourth-order valence-electron chi connectivity index (χ4n) is 2.86. The van der Waals surface area contributed by atoms with Gasteiger partial charge in [-0.1, -0.05) is 13.0 Å². The minimum Gasteiger partial charge on any atom is -0.493 e. The van der Waals surface area contributed by atoms with E-state index in [2.05, 4.69) is 24.0 Å². The summed E-state index contributed by atoms with van der Waals surface area (Å²) < 4.78 is 11.6. The largest absolute Gasteiger partial charge is 0.493 e. The van der Waals surface area contributed by atoms with Gasteiger partial charge in [0.05, 0.1) is 12.8 Å². The van der Waals surface area contributed by atoms with Gasteiger partial charge in [0.15, 0.2) is 0 Å². The molecule has 1 aromatic carbocycles. The Balaban J connectivity index is 1.73. The van der Waals surface area contributed by atoms with Crippen molar-refractivity contribution in [1.29, 1.82) is 0 Å². The molecule has 2 aromatic rings. The van der Waals surface area contributed by atoms with Crippen LogP contribution in [0.25, 0.3) is 11.1 Å². The van der Waals surface area contributed by atoms with Crippen molar-refractivity contribution in [3.8, 4) is 22.6 Å². The topological polar surface area (TPSA) is 57.4 Å². The van der Waals surface area contributed by atoms with Crippen molar-refractivity contribution >= 4 is 0 Å². The van der Waals surface area contributed by atoms with Gasteiger partial charge in [-0.3, -0.25) is 4.98 Å². The van der Waals surface area contributed by atoms with E-state index < -0.39 is 0 Å². The third-order valence-corrected chi connectivity index (χ3v) is 3.84. The monoisotopic (exact) mass is 298 g/mol. The van der Waals surface area contributed by atoms with Crippen molar-refractivity contribution in [2.75, 3.05) is 6.61 Å². The second-order valence-electron chi connectivity index (χ2n) is 6.11. The molecule has 0 saturated carbocycles. The molecular formula is C18H22N2O2. The second kappa shape index (κ2) is 6.36. The van der Waals surface area contributed by atoms with E-state index in [1.807, 2.05) is 19.1 Å². The van der Waals surface area contributed by atoms with Crippen molar-refractivity contribution in [3.63, 3.8) is 0 Å². The Bertz CT molecular complexity index is 655. The fourth-order valence-corrected chi connectivity index (χ4v) is 2.86. The summed E-state index contributed by atoms with van der Waals surface area (Å²) in [5.74, 6) is 2.17. The van der Waals surface area contributed by atoms with E-state index in [0.717, 1.165) is 29.0 Å². The average molecular weight is 298 g/mol. The van der Waals surface area contributed by atoms with Crippen LogP contribution in [0.4, 0.5) is 0 Å². The molecule has 0 fully saturated rings. The Labute approximate surface area is 131 Å². The maximum Gasteiger partial charge on any atom is 0.145 e. The van der Waals surface area contributed by atoms with Crippen LogP contribution < -0.4 is 15.2 Å². The van der Waals surface area contributed by atoms with Crippen LogP contribution >= 0.6 is 0 Å². The lowest BCUT2D eigenvalue weighted by atomic mass is 9.98. The quantitative estimate of drug-likeness (QED) is 0.919. The molecule has 116 valence electrons. The summed E-state index contributed by atoms with van der Waals surface area (Å²) in [5, 5.41) is 0. The fraction of sp³-hybridized carbons (Fsp3) is 0.389. The second-order valence-corrected chi connectivity index (χ2v) is 6.11. The maximum atomic E-state index is 5.90. The number of hydrogen-bond acceptors (Lipinski definition) is 4. The van der Waals surface area contributed by atoms with Gasteiger partial charge < -0.3 is 15.2 Å². The van der Waals surface area contributed by atoms with Crippen LogP contribution in [0, 0.1) is 5.92 Å². The number of ether oxygens (including phenoxy) is 2. The molecule has 2 N–H and O–H groups in total. The molecule has 1 aromatic heterocycles. The Morgan fingerprint density at radius 1 is 1.27 bits per heavy atom. The number of hydrogen-bond donors (Lipinski definition) is 1. The molecule has 4 nitrogen and oxygen atoms in total. The number of benzene rings is 1. The van der Waals surface area contributed by atoms with Gasteiger partial charge in [0.25, 0.3) is 0 Å². The molecule has 1 aliphatic rings. The lowest BCUT2D eigenvalue weighted by Gasteiger charge is -2.21. The third kappa shape index (κ3) is 3.22. The number of fused-ring (bicyclic) bond motifs is 3. The van der Waals surface area contributed by atoms with Gasteiger partial charge in [0.1, 0.15) is 18.1 Å². The van der Waals surface area contributed by atoms with Gasteiger partial charge in [-0.15, -0.1) is 0 Å². The van der Waals surface area contributed by atoms with E-state index in [0.29, 0.717) is 19.1 Å². The predicted molar refractivity (Wildman–Crippen MR) is 86.9 cm³/mol. The van der Waals surface area contributed by atoms with Gasteiger partial charge in [0.2, 0.25) is 0 Å². The van der Waals surface area contributed by atoms with E-state index in [1.54, 1.807) is 12.4 Å². The molecular weight excluding hydrogens is 276 g/mol. The molecule has 2 atom stereocenters. The zero-order valence-corrected chi connectivity index (χ0v) is 13.1. The Kier molecular flexibility index (Phi) is 4.29. The first-order valence-corrected chi connectivity index (χ1v) is 7.72. The molecule has 22 heavy (non-hydrogen) atoms. The molecule has 0 spiro atoms. The lowest BCUT2D eigenvalue weighted by molar-refractivity contribution is 0.245. The van der Waals surface area contributed by atoms with Gasteiger partial charge in [0, 0.05) is 23.4 Å². The number of nitrogens with two attached hydrogens (primary N) is 1. The summed E-state index contributed by atoms with van der Waals surface area (Å²) in [7, 11) is 0. The molecule has 3 rings (SSSR count). The summed E-state index contributed by atoms with van der Waals surface area (Å²) >= 11 is 0. The maximum absolute atomic E-state index is 5.90. The molecule has 0 amide bonds. The highest BCUT2D eigenvalue weighted by Gasteiger charge is 2.17. The first-order chi connectivity index (χ1) is 10.6. The van der Waals surface area contributed by atoms with Crippen molar-refractivity contribution < 1.29 is 9.47 Å². The van der Waals surface area contributed by atoms with Gasteiger partial charge in [-0.25, -0.2) is 0 Å². The lowest BCUT2D eigenvalue weighted by Crippen LogP contribution is -2.21. The number of aromatic nitrogens is 1. The summed E-state index contributed by atoms with van der Waals surface area (Å²) in [5.41, 5.74) is 9.26. The average Bonchev–Trinajstić information content (AvgIpc) is 2.52. The molecule has 0 bridgehead atoms. The summed E-state index contributed by atoms with van der Waals surface area (Å²) in [4.78, 5) is 4.10. The molecule has 2 unspecified atom stereocenters. The van der Waals surface area contributed by atoms with E-state index in [9.17, 15) is 0 Å². The zero-order chi connectivity index (χ0) is 15.5. The van der Waals surface area contributed by atoms with Crippen LogP contribution in [0.1, 0.15) is 25.8 Å². The van der Waals surface area contributed by atoms with Crippen LogP contribution in [-0.4, -0.2) is 17.6 Å². The van der Waals surface area contributed by atoms with E-state index in [4.69, 9.17) is 15.2 Å². The van der Waals surface area contributed by atoms with Crippen LogP contribution in [0.5, 0.6) is 11.5 Å². The number of nitrogens with zero attached hydrogens (tertiary/aromatic N) is 1. The molecule has 1 aliphatic heterocycles. The molecule has 0 aliphatic carbocycles. The van der Waals surface area contributed by atoms with Crippen molar-refractivity contribution in [3.05, 3.63) is 42.2 Å². The normalized spacial score (nSPS) is 15.2. The van der Waals surface area contributed by atoms with Gasteiger partial charge in [-0.05, 0) is 43.0 Å². The van der Waals surface area contributed by atoms with E-state index in [1.165, 1.54) is 5.56 Å². The SMILES string of the molecule is CC(N)CC(C)COc1ccc2c(c1)COc1cnccc1-2. The zero-order valence-electron chi connectivity index (χ0n) is 13.1. The minimum absolute atomic E-state index is 0.209. The van der Waals surface area contributed by atoms with Crippen molar-refractivity contribution in [1.82, 2.24) is 4.98 Å². The molecule has 4 heteroatoms. The highest BCUT2D eigenvalue weighted by atomic mass is 16.5. The van der Waals surface area contributed by atoms with Gasteiger partial charge in [-0.2, -0.15) is 0 Å². The molecule has 0 saturated heterocycles. The van der Waals surface area contributed by atoms with Crippen LogP contribution in [0.15, 0.2) is 36.7 Å². The molecule has 0 radical (unpaired) electrons. The summed E-state index contributed by atoms with van der Waals surface area (Å²) in [6, 6.07) is 8.38. The van der Waals surface area contributed by atoms with Crippen molar-refractivity contribution in [2.45, 2.75) is 32.9 Å². The highest BCUT2D eigenvalue weighted by molar-refractivity contribution is 5.75. The standard InChI is InChI=1S/C18H22N2O2/c1-12(7-13(2)19)10-21-15-3-4-16-14(8-15)11-22-18-9-20-6-5-17(16)18/h3-6,8-9,12-13H,7,10-11,19H2,1-2H3. The van der Waals surface area contributed by atoms with Crippen LogP contribution in [-0.2, 0) is 6.61 Å². The summed E-state index contributed by atoms with van der Waals surface area (Å²) in [6.45, 7) is 5.43. The Morgan fingerprint density at radius 3 is 2.95 bits per heavy atom. The van der Waals surface area contributed by atoms with E-state index >= 15 is 0 Å². The van der Waals surface area contributed by atoms with Crippen LogP contribution in [0.2, 0.25) is 0 Å². The number of pyridine rings is 1. The predicted octanol–water partition coefficient (Wildman–Crippen LogP) is 3.39. The van der Waals surface area contributed by atoms with Crippen LogP contribution in [0.3, 0.4) is 0 Å². The first kappa shape index (κ1) is 14.9. The highest BCUT2D eigenvalue weighted by Crippen LogP contribution is 2.38. The Hall–Kier alpha value is -2.07. The van der Waals surface area contributed by atoms with E-state index in [-0.39, 0.29) is 6.04 Å². The first-order valence-electron chi connectivity index (χ1n) is 7.72. The van der Waals surface area contributed by atoms with Gasteiger partial charge >= 0.3 is 0 Å². The smallest absolute Gasteiger partial charge is 0.145 e. The Morgan fingerprint density at radius 2 is 2.14 bits per heavy atom. The number of rotatable bonds is 5. The third-order valence-electron chi connectivity index (χ3n) is 3.84. The molecule has 2 heterocycles. The van der Waals surface area contributed by atoms with Crippen molar-refractivity contribution in [2.24, 2.45) is 11.7 Å². The minimum atomic E-state index is 0.209. The summed E-state index contributed by atoms with van der Waals surface area (Å²) in [6.07, 6.45) is 4.52.